The van der Waals surface area contributed by atoms with Crippen molar-refractivity contribution >= 4 is 81.9 Å². The fourth-order valence-electron chi connectivity index (χ4n) is 5.36. The van der Waals surface area contributed by atoms with Crippen LogP contribution in [0.15, 0.2) is 78.9 Å². The Bertz CT molecular complexity index is 1580. The van der Waals surface area contributed by atoms with Gasteiger partial charge in [0.15, 0.2) is 0 Å². The van der Waals surface area contributed by atoms with E-state index >= 15 is 0 Å². The Morgan fingerprint density at radius 1 is 1.05 bits per heavy atom. The van der Waals surface area contributed by atoms with Crippen molar-refractivity contribution in [3.05, 3.63) is 112 Å². The number of carboxylic acid groups (broad SMARTS) is 1. The van der Waals surface area contributed by atoms with Gasteiger partial charge in [-0.3, -0.25) is 4.79 Å². The minimum Gasteiger partial charge on any atom is -0.481 e. The molecule has 42 heavy (non-hydrogen) atoms. The number of rotatable bonds is 12. The number of aromatic nitrogens is 1. The monoisotopic (exact) mass is 608 g/mol. The van der Waals surface area contributed by atoms with Crippen molar-refractivity contribution in [2.75, 3.05) is 5.75 Å². The zero-order valence-electron chi connectivity index (χ0n) is 24.5. The van der Waals surface area contributed by atoms with Gasteiger partial charge in [-0.25, -0.2) is 4.98 Å². The molecule has 1 atom stereocenters. The van der Waals surface area contributed by atoms with Gasteiger partial charge in [0.05, 0.1) is 23.2 Å². The van der Waals surface area contributed by atoms with E-state index in [9.17, 15) is 15.0 Å². The van der Waals surface area contributed by atoms with Crippen LogP contribution < -0.4 is 0 Å². The Balaban J connectivity index is 0.00000405. The molecule has 0 bridgehead atoms. The van der Waals surface area contributed by atoms with E-state index in [4.69, 9.17) is 16.6 Å². The van der Waals surface area contributed by atoms with Crippen LogP contribution in [0.4, 0.5) is 0 Å². The van der Waals surface area contributed by atoms with Crippen LogP contribution in [0.3, 0.4) is 0 Å². The third kappa shape index (κ3) is 8.72. The first-order chi connectivity index (χ1) is 19.6. The van der Waals surface area contributed by atoms with Gasteiger partial charge in [0.2, 0.25) is 0 Å². The van der Waals surface area contributed by atoms with Crippen LogP contribution >= 0.6 is 23.4 Å². The summed E-state index contributed by atoms with van der Waals surface area (Å²) in [6.45, 7) is 3.66. The number of hydrogen-bond acceptors (Lipinski definition) is 4. The van der Waals surface area contributed by atoms with E-state index in [2.05, 4.69) is 42.5 Å². The normalized spacial score (nSPS) is 15.0. The van der Waals surface area contributed by atoms with E-state index in [1.165, 1.54) is 5.56 Å². The van der Waals surface area contributed by atoms with E-state index in [-0.39, 0.29) is 46.6 Å². The fourth-order valence-corrected chi connectivity index (χ4v) is 7.09. The summed E-state index contributed by atoms with van der Waals surface area (Å²) < 4.78 is 0. The maximum atomic E-state index is 11.5. The van der Waals surface area contributed by atoms with Crippen molar-refractivity contribution in [1.29, 1.82) is 0 Å². The van der Waals surface area contributed by atoms with Gasteiger partial charge in [-0.1, -0.05) is 78.3 Å². The van der Waals surface area contributed by atoms with Gasteiger partial charge in [0.1, 0.15) is 0 Å². The number of aliphatic hydroxyl groups is 1. The second-order valence-electron chi connectivity index (χ2n) is 11.7. The van der Waals surface area contributed by atoms with Crippen molar-refractivity contribution in [3.8, 4) is 0 Å². The molecule has 0 aliphatic heterocycles. The molecule has 1 aliphatic carbocycles. The fraction of sp³-hybridized carbons (Fsp3) is 0.314. The Morgan fingerprint density at radius 3 is 2.55 bits per heavy atom. The van der Waals surface area contributed by atoms with Crippen LogP contribution in [0.5, 0.6) is 0 Å². The minimum absolute atomic E-state index is 0. The van der Waals surface area contributed by atoms with Crippen LogP contribution in [0.2, 0.25) is 5.02 Å². The second kappa shape index (κ2) is 14.1. The molecule has 7 heteroatoms. The summed E-state index contributed by atoms with van der Waals surface area (Å²) in [7, 11) is 0. The summed E-state index contributed by atoms with van der Waals surface area (Å²) in [4.78, 5) is 16.2. The molecule has 1 saturated carbocycles. The number of thioether (sulfide) groups is 1. The number of aliphatic carboxylic acids is 1. The number of carboxylic acids is 1. The first-order valence-electron chi connectivity index (χ1n) is 14.1. The summed E-state index contributed by atoms with van der Waals surface area (Å²) in [5.41, 5.74) is 5.15. The quantitative estimate of drug-likeness (QED) is 0.158. The Morgan fingerprint density at radius 2 is 1.81 bits per heavy atom. The molecule has 1 aromatic heterocycles. The molecule has 4 aromatic rings. The zero-order valence-corrected chi connectivity index (χ0v) is 28.1. The molecule has 1 heterocycles. The Kier molecular flexibility index (Phi) is 11.0. The smallest absolute Gasteiger partial charge is 0.303 e. The number of aryl methyl sites for hydroxylation is 1. The molecule has 1 aliphatic rings. The van der Waals surface area contributed by atoms with Gasteiger partial charge in [0.25, 0.3) is 0 Å². The van der Waals surface area contributed by atoms with E-state index in [0.29, 0.717) is 5.02 Å². The van der Waals surface area contributed by atoms with Crippen molar-refractivity contribution in [1.82, 2.24) is 4.98 Å². The first kappa shape index (κ1) is 32.8. The van der Waals surface area contributed by atoms with Crippen LogP contribution in [-0.4, -0.2) is 56.5 Å². The third-order valence-corrected chi connectivity index (χ3v) is 9.76. The molecule has 5 rings (SSSR count). The largest absolute Gasteiger partial charge is 0.481 e. The topological polar surface area (TPSA) is 70.4 Å². The molecule has 0 spiro atoms. The predicted molar refractivity (Wildman–Crippen MR) is 177 cm³/mol. The number of halogens is 1. The van der Waals surface area contributed by atoms with Crippen molar-refractivity contribution in [3.63, 3.8) is 0 Å². The van der Waals surface area contributed by atoms with Crippen LogP contribution in [0.1, 0.15) is 72.7 Å². The van der Waals surface area contributed by atoms with Crippen molar-refractivity contribution < 1.29 is 15.0 Å². The molecule has 2 N–H and O–H groups in total. The van der Waals surface area contributed by atoms with E-state index < -0.39 is 11.6 Å². The summed E-state index contributed by atoms with van der Waals surface area (Å²) in [6.07, 6.45) is 8.02. The number of pyridine rings is 1. The van der Waals surface area contributed by atoms with Crippen LogP contribution in [0, 0.1) is 5.41 Å². The van der Waals surface area contributed by atoms with Gasteiger partial charge in [0, 0.05) is 51.0 Å². The summed E-state index contributed by atoms with van der Waals surface area (Å²) in [5, 5.41) is 22.1. The molecule has 1 radical (unpaired) electrons. The van der Waals surface area contributed by atoms with Gasteiger partial charge < -0.3 is 10.2 Å². The van der Waals surface area contributed by atoms with Crippen molar-refractivity contribution in [2.45, 2.75) is 56.8 Å². The standard InChI is InChI=1S/C35H36ClNO3S.Na/c1-34(2,40)30-9-4-3-7-25(30)13-17-32(41-23-35(18-19-35)22-33(38)39)27-8-5-6-24(20-27)10-15-29-16-12-26-11-14-28(36)21-31(26)37-29;/h3-12,14-16,20-21,32,40H,13,17-19,22-23H2,1-2H3,(H,38,39);/b15-10+;. The van der Waals surface area contributed by atoms with Gasteiger partial charge >= 0.3 is 5.97 Å². The number of benzene rings is 3. The minimum atomic E-state index is -0.911. The molecule has 213 valence electrons. The Labute approximate surface area is 279 Å². The SMILES string of the molecule is CC(C)(O)c1ccccc1CCC(SCC1(CC(=O)O)CC1)c1cccc(/C=C/c2ccc3ccc(Cl)cc3n2)c1.[Na]. The number of carbonyl (C=O) groups is 1. The average Bonchev–Trinajstić information content (AvgIpc) is 3.70. The second-order valence-corrected chi connectivity index (χ2v) is 13.3. The maximum absolute atomic E-state index is 11.5. The molecule has 0 saturated heterocycles. The predicted octanol–water partition coefficient (Wildman–Crippen LogP) is 8.57. The third-order valence-electron chi connectivity index (χ3n) is 7.83. The zero-order chi connectivity index (χ0) is 29.0. The van der Waals surface area contributed by atoms with Crippen LogP contribution in [0.25, 0.3) is 23.1 Å². The summed E-state index contributed by atoms with van der Waals surface area (Å²) in [6, 6.07) is 26.5. The molecular weight excluding hydrogens is 573 g/mol. The van der Waals surface area contributed by atoms with Crippen LogP contribution in [-0.2, 0) is 16.8 Å². The average molecular weight is 609 g/mol. The van der Waals surface area contributed by atoms with E-state index in [1.54, 1.807) is 0 Å². The molecule has 0 amide bonds. The summed E-state index contributed by atoms with van der Waals surface area (Å²) >= 11 is 8.04. The van der Waals surface area contributed by atoms with E-state index in [0.717, 1.165) is 64.7 Å². The molecule has 3 aromatic carbocycles. The van der Waals surface area contributed by atoms with Gasteiger partial charge in [-0.05, 0) is 91.5 Å². The van der Waals surface area contributed by atoms with Gasteiger partial charge in [-0.15, -0.1) is 0 Å². The van der Waals surface area contributed by atoms with Gasteiger partial charge in [-0.2, -0.15) is 11.8 Å². The Hall–Kier alpha value is -2.12. The summed E-state index contributed by atoms with van der Waals surface area (Å²) in [5.74, 6) is 0.122. The number of fused-ring (bicyclic) bond motifs is 1. The number of hydrogen-bond donors (Lipinski definition) is 2. The molecule has 4 nitrogen and oxygen atoms in total. The molecule has 1 fully saturated rings. The molecule has 1 unspecified atom stereocenters. The van der Waals surface area contributed by atoms with E-state index in [1.807, 2.05) is 74.1 Å². The number of nitrogens with zero attached hydrogens (tertiary/aromatic N) is 1. The van der Waals surface area contributed by atoms with Crippen molar-refractivity contribution in [2.24, 2.45) is 5.41 Å². The first-order valence-corrected chi connectivity index (χ1v) is 15.5. The maximum Gasteiger partial charge on any atom is 0.303 e. The molecular formula is C35H36ClNNaO3S.